The molecule has 3 aromatic rings. The fraction of sp³-hybridized carbons (Fsp3) is 0.304. The van der Waals surface area contributed by atoms with Gasteiger partial charge in [0.1, 0.15) is 6.04 Å². The van der Waals surface area contributed by atoms with Crippen LogP contribution in [-0.4, -0.2) is 44.3 Å². The van der Waals surface area contributed by atoms with E-state index < -0.39 is 27.9 Å². The number of benzene rings is 2. The summed E-state index contributed by atoms with van der Waals surface area (Å²) < 4.78 is 32.9. The monoisotopic (exact) mass is 442 g/mol. The number of fused-ring (bicyclic) bond motifs is 1. The lowest BCUT2D eigenvalue weighted by Gasteiger charge is -2.30. The van der Waals surface area contributed by atoms with Gasteiger partial charge in [0.05, 0.1) is 30.1 Å². The van der Waals surface area contributed by atoms with E-state index in [2.05, 4.69) is 0 Å². The molecule has 7 nitrogen and oxygen atoms in total. The Labute approximate surface area is 182 Å². The van der Waals surface area contributed by atoms with Crippen molar-refractivity contribution in [1.82, 2.24) is 4.57 Å². The van der Waals surface area contributed by atoms with Crippen LogP contribution in [0.3, 0.4) is 0 Å². The Morgan fingerprint density at radius 3 is 2.35 bits per heavy atom. The molecular weight excluding hydrogens is 416 g/mol. The zero-order valence-corrected chi connectivity index (χ0v) is 19.1. The Kier molecular flexibility index (Phi) is 6.22. The van der Waals surface area contributed by atoms with Gasteiger partial charge in [0, 0.05) is 11.6 Å². The minimum absolute atomic E-state index is 0.249. The van der Waals surface area contributed by atoms with Gasteiger partial charge in [-0.15, -0.1) is 0 Å². The average molecular weight is 443 g/mol. The number of anilines is 1. The molecule has 0 fully saturated rings. The first-order valence-corrected chi connectivity index (χ1v) is 11.7. The van der Waals surface area contributed by atoms with Crippen LogP contribution in [0.5, 0.6) is 0 Å². The molecule has 2 aromatic carbocycles. The van der Waals surface area contributed by atoms with Crippen LogP contribution >= 0.6 is 0 Å². The van der Waals surface area contributed by atoms with E-state index in [9.17, 15) is 18.0 Å². The number of esters is 1. The van der Waals surface area contributed by atoms with E-state index >= 15 is 0 Å². The van der Waals surface area contributed by atoms with Crippen molar-refractivity contribution in [2.75, 3.05) is 17.7 Å². The molecule has 0 radical (unpaired) electrons. The van der Waals surface area contributed by atoms with E-state index in [1.165, 1.54) is 17.9 Å². The molecule has 0 aliphatic rings. The van der Waals surface area contributed by atoms with Gasteiger partial charge in [-0.2, -0.15) is 0 Å². The fourth-order valence-corrected chi connectivity index (χ4v) is 4.90. The summed E-state index contributed by atoms with van der Waals surface area (Å²) in [5.41, 5.74) is 3.14. The topological polar surface area (TPSA) is 85.7 Å². The van der Waals surface area contributed by atoms with Crippen molar-refractivity contribution in [3.05, 3.63) is 65.4 Å². The van der Waals surface area contributed by atoms with E-state index in [1.54, 1.807) is 43.3 Å². The largest absolute Gasteiger partial charge is 0.465 e. The number of ether oxygens (including phenoxy) is 1. The van der Waals surface area contributed by atoms with Crippen LogP contribution in [0.1, 0.15) is 39.6 Å². The molecule has 0 aliphatic heterocycles. The van der Waals surface area contributed by atoms with Crippen LogP contribution in [0.2, 0.25) is 0 Å². The highest BCUT2D eigenvalue weighted by Crippen LogP contribution is 2.28. The number of aromatic nitrogens is 1. The summed E-state index contributed by atoms with van der Waals surface area (Å²) in [6.07, 6.45) is 2.76. The Bertz CT molecular complexity index is 1260. The first-order valence-electron chi connectivity index (χ1n) is 9.89. The third-order valence-corrected chi connectivity index (χ3v) is 6.59. The van der Waals surface area contributed by atoms with Crippen LogP contribution in [0.4, 0.5) is 5.69 Å². The Morgan fingerprint density at radius 2 is 1.77 bits per heavy atom. The summed E-state index contributed by atoms with van der Waals surface area (Å²) in [6.45, 7) is 5.59. The Balaban J connectivity index is 2.18. The van der Waals surface area contributed by atoms with Gasteiger partial charge in [0.25, 0.3) is 5.91 Å². The summed E-state index contributed by atoms with van der Waals surface area (Å²) in [6, 6.07) is 11.3. The van der Waals surface area contributed by atoms with Crippen molar-refractivity contribution < 1.29 is 22.7 Å². The van der Waals surface area contributed by atoms with E-state index in [-0.39, 0.29) is 12.0 Å². The third kappa shape index (κ3) is 4.20. The second kappa shape index (κ2) is 8.55. The lowest BCUT2D eigenvalue weighted by atomic mass is 10.1. The van der Waals surface area contributed by atoms with Gasteiger partial charge in [-0.25, -0.2) is 13.2 Å². The zero-order valence-electron chi connectivity index (χ0n) is 18.2. The minimum Gasteiger partial charge on any atom is -0.465 e. The molecule has 1 heterocycles. The van der Waals surface area contributed by atoms with Crippen LogP contribution in [0.25, 0.3) is 10.9 Å². The maximum absolute atomic E-state index is 13.6. The summed E-state index contributed by atoms with van der Waals surface area (Å²) >= 11 is 0. The molecule has 8 heteroatoms. The number of rotatable bonds is 6. The molecule has 1 unspecified atom stereocenters. The second-order valence-electron chi connectivity index (χ2n) is 7.51. The first kappa shape index (κ1) is 22.6. The van der Waals surface area contributed by atoms with Crippen molar-refractivity contribution in [2.45, 2.75) is 33.2 Å². The minimum atomic E-state index is -3.77. The number of para-hydroxylation sites is 1. The zero-order chi connectivity index (χ0) is 22.9. The normalized spacial score (nSPS) is 12.5. The maximum Gasteiger partial charge on any atom is 0.340 e. The van der Waals surface area contributed by atoms with Gasteiger partial charge < -0.3 is 4.74 Å². The summed E-state index contributed by atoms with van der Waals surface area (Å²) in [4.78, 5) is 25.9. The summed E-state index contributed by atoms with van der Waals surface area (Å²) in [5, 5.41) is 0.564. The molecule has 164 valence electrons. The van der Waals surface area contributed by atoms with Crippen molar-refractivity contribution in [3.63, 3.8) is 0 Å². The molecule has 0 spiro atoms. The van der Waals surface area contributed by atoms with Gasteiger partial charge in [0.15, 0.2) is 0 Å². The van der Waals surface area contributed by atoms with Gasteiger partial charge in [-0.3, -0.25) is 13.7 Å². The number of nitrogens with zero attached hydrogens (tertiary/aromatic N) is 2. The van der Waals surface area contributed by atoms with E-state index in [1.807, 2.05) is 19.9 Å². The summed E-state index contributed by atoms with van der Waals surface area (Å²) in [7, 11) is -2.50. The van der Waals surface area contributed by atoms with Crippen molar-refractivity contribution in [2.24, 2.45) is 0 Å². The molecular formula is C23H26N2O5S. The number of hydrogen-bond acceptors (Lipinski definition) is 5. The van der Waals surface area contributed by atoms with Crippen molar-refractivity contribution in [1.29, 1.82) is 0 Å². The quantitative estimate of drug-likeness (QED) is 0.540. The molecule has 0 saturated carbocycles. The molecule has 0 N–H and O–H groups in total. The van der Waals surface area contributed by atoms with Gasteiger partial charge in [0.2, 0.25) is 10.0 Å². The number of hydrogen-bond donors (Lipinski definition) is 0. The van der Waals surface area contributed by atoms with Crippen molar-refractivity contribution >= 4 is 38.5 Å². The molecule has 0 saturated heterocycles. The summed E-state index contributed by atoms with van der Waals surface area (Å²) in [5.74, 6) is -1.01. The van der Waals surface area contributed by atoms with Gasteiger partial charge >= 0.3 is 5.97 Å². The van der Waals surface area contributed by atoms with Crippen LogP contribution in [-0.2, 0) is 14.8 Å². The SMILES string of the molecule is CCC(C(=O)n1cc(C(=O)OC)c2ccccc21)N(c1ccc(C)c(C)c1)S(C)(=O)=O. The van der Waals surface area contributed by atoms with Crippen LogP contribution in [0.15, 0.2) is 48.7 Å². The number of aryl methyl sites for hydroxylation is 2. The number of carbonyl (C=O) groups excluding carboxylic acids is 2. The van der Waals surface area contributed by atoms with E-state index in [0.717, 1.165) is 21.7 Å². The van der Waals surface area contributed by atoms with Crippen LogP contribution < -0.4 is 4.31 Å². The molecule has 1 atom stereocenters. The molecule has 31 heavy (non-hydrogen) atoms. The molecule has 1 aromatic heterocycles. The number of sulfonamides is 1. The maximum atomic E-state index is 13.6. The first-order chi connectivity index (χ1) is 14.6. The molecule has 0 amide bonds. The Hall–Kier alpha value is -3.13. The molecule has 0 aliphatic carbocycles. The second-order valence-corrected chi connectivity index (χ2v) is 9.37. The van der Waals surface area contributed by atoms with Crippen LogP contribution in [0, 0.1) is 13.8 Å². The Morgan fingerprint density at radius 1 is 1.10 bits per heavy atom. The number of methoxy groups -OCH3 is 1. The average Bonchev–Trinajstić information content (AvgIpc) is 3.12. The lowest BCUT2D eigenvalue weighted by Crippen LogP contribution is -2.46. The standard InChI is InChI=1S/C23H26N2O5S/c1-6-20(25(31(5,28)29)17-12-11-15(2)16(3)13-17)22(26)24-14-19(23(27)30-4)18-9-7-8-10-21(18)24/h7-14,20H,6H2,1-5H3. The van der Waals surface area contributed by atoms with E-state index in [0.29, 0.717) is 16.6 Å². The number of carbonyl (C=O) groups is 2. The molecule has 3 rings (SSSR count). The predicted molar refractivity (Wildman–Crippen MR) is 121 cm³/mol. The van der Waals surface area contributed by atoms with E-state index in [4.69, 9.17) is 4.74 Å². The highest BCUT2D eigenvalue weighted by molar-refractivity contribution is 7.92. The molecule has 0 bridgehead atoms. The third-order valence-electron chi connectivity index (χ3n) is 5.41. The highest BCUT2D eigenvalue weighted by atomic mass is 32.2. The highest BCUT2D eigenvalue weighted by Gasteiger charge is 2.33. The van der Waals surface area contributed by atoms with Gasteiger partial charge in [-0.1, -0.05) is 31.2 Å². The lowest BCUT2D eigenvalue weighted by molar-refractivity contribution is 0.0603. The van der Waals surface area contributed by atoms with Gasteiger partial charge in [-0.05, 0) is 49.6 Å². The van der Waals surface area contributed by atoms with Crippen molar-refractivity contribution in [3.8, 4) is 0 Å². The fourth-order valence-electron chi connectivity index (χ4n) is 3.70. The predicted octanol–water partition coefficient (Wildman–Crippen LogP) is 3.93. The smallest absolute Gasteiger partial charge is 0.340 e.